The molecule has 0 saturated heterocycles. The van der Waals surface area contributed by atoms with Crippen molar-refractivity contribution in [2.75, 3.05) is 7.11 Å². The van der Waals surface area contributed by atoms with E-state index in [0.29, 0.717) is 37.7 Å². The molecule has 0 radical (unpaired) electrons. The van der Waals surface area contributed by atoms with Gasteiger partial charge in [0.1, 0.15) is 6.61 Å². The molecule has 0 unspecified atom stereocenters. The summed E-state index contributed by atoms with van der Waals surface area (Å²) in [5.74, 6) is 0.648. The number of hydrogen-bond acceptors (Lipinski definition) is 5. The van der Waals surface area contributed by atoms with Gasteiger partial charge in [-0.05, 0) is 53.6 Å². The zero-order valence-corrected chi connectivity index (χ0v) is 19.0. The Morgan fingerprint density at radius 3 is 2.50 bits per heavy atom. The third-order valence-corrected chi connectivity index (χ3v) is 5.66. The number of carbonyl (C=O) groups excluding carboxylic acids is 1. The van der Waals surface area contributed by atoms with E-state index in [-0.39, 0.29) is 18.2 Å². The van der Waals surface area contributed by atoms with E-state index in [2.05, 4.69) is 4.99 Å². The van der Waals surface area contributed by atoms with E-state index < -0.39 is 5.97 Å². The number of hydrogen-bond donors (Lipinski definition) is 0. The SMILES string of the molecule is COc1cc(/C=C2\N=C(c3ccccc3Cl)OC2=O)ccc1OCc1ccc(Cl)c(Cl)c1. The van der Waals surface area contributed by atoms with Gasteiger partial charge >= 0.3 is 5.97 Å². The van der Waals surface area contributed by atoms with Gasteiger partial charge in [0.25, 0.3) is 0 Å². The van der Waals surface area contributed by atoms with Crippen molar-refractivity contribution in [1.29, 1.82) is 0 Å². The second kappa shape index (κ2) is 9.65. The first-order valence-electron chi connectivity index (χ1n) is 9.47. The molecule has 32 heavy (non-hydrogen) atoms. The number of benzene rings is 3. The number of nitrogens with zero attached hydrogens (tertiary/aromatic N) is 1. The fourth-order valence-electron chi connectivity index (χ4n) is 3.00. The van der Waals surface area contributed by atoms with Crippen LogP contribution in [-0.2, 0) is 16.1 Å². The number of methoxy groups -OCH3 is 1. The molecule has 0 bridgehead atoms. The highest BCUT2D eigenvalue weighted by Crippen LogP contribution is 2.31. The summed E-state index contributed by atoms with van der Waals surface area (Å²) in [4.78, 5) is 16.6. The quantitative estimate of drug-likeness (QED) is 0.290. The lowest BCUT2D eigenvalue weighted by molar-refractivity contribution is -0.129. The van der Waals surface area contributed by atoms with Gasteiger partial charge in [0, 0.05) is 0 Å². The van der Waals surface area contributed by atoms with Crippen LogP contribution in [0.15, 0.2) is 71.4 Å². The van der Waals surface area contributed by atoms with Gasteiger partial charge < -0.3 is 14.2 Å². The Morgan fingerprint density at radius 1 is 0.938 bits per heavy atom. The van der Waals surface area contributed by atoms with E-state index in [4.69, 9.17) is 49.0 Å². The van der Waals surface area contributed by atoms with Gasteiger partial charge in [-0.3, -0.25) is 0 Å². The summed E-state index contributed by atoms with van der Waals surface area (Å²) in [6, 6.07) is 17.6. The molecule has 0 N–H and O–H groups in total. The van der Waals surface area contributed by atoms with Crippen LogP contribution in [0.5, 0.6) is 11.5 Å². The minimum absolute atomic E-state index is 0.159. The third kappa shape index (κ3) is 4.91. The minimum Gasteiger partial charge on any atom is -0.493 e. The smallest absolute Gasteiger partial charge is 0.363 e. The van der Waals surface area contributed by atoms with Crippen LogP contribution >= 0.6 is 34.8 Å². The molecule has 1 heterocycles. The Bertz CT molecular complexity index is 1250. The largest absolute Gasteiger partial charge is 0.493 e. The van der Waals surface area contributed by atoms with E-state index >= 15 is 0 Å². The Hall–Kier alpha value is -2.99. The van der Waals surface area contributed by atoms with E-state index in [1.807, 2.05) is 6.07 Å². The molecular formula is C24H16Cl3NO4. The molecule has 0 saturated carbocycles. The summed E-state index contributed by atoms with van der Waals surface area (Å²) in [5.41, 5.74) is 2.27. The number of cyclic esters (lactones) is 1. The van der Waals surface area contributed by atoms with E-state index in [0.717, 1.165) is 5.56 Å². The van der Waals surface area contributed by atoms with Gasteiger partial charge in [-0.15, -0.1) is 0 Å². The molecule has 8 heteroatoms. The van der Waals surface area contributed by atoms with Crippen LogP contribution in [0, 0.1) is 0 Å². The summed E-state index contributed by atoms with van der Waals surface area (Å²) in [7, 11) is 1.54. The van der Waals surface area contributed by atoms with Crippen LogP contribution in [-0.4, -0.2) is 19.0 Å². The maximum atomic E-state index is 12.3. The van der Waals surface area contributed by atoms with Crippen LogP contribution < -0.4 is 9.47 Å². The highest BCUT2D eigenvalue weighted by molar-refractivity contribution is 6.42. The fraction of sp³-hybridized carbons (Fsp3) is 0.0833. The first kappa shape index (κ1) is 22.2. The molecule has 3 aromatic rings. The van der Waals surface area contributed by atoms with Crippen molar-refractivity contribution in [3.05, 3.63) is 98.1 Å². The maximum Gasteiger partial charge on any atom is 0.363 e. The van der Waals surface area contributed by atoms with E-state index in [1.54, 1.807) is 60.7 Å². The molecule has 0 fully saturated rings. The van der Waals surface area contributed by atoms with Gasteiger partial charge in [0.05, 0.1) is 27.7 Å². The molecule has 5 nitrogen and oxygen atoms in total. The van der Waals surface area contributed by atoms with Crippen LogP contribution in [0.25, 0.3) is 6.08 Å². The minimum atomic E-state index is -0.557. The van der Waals surface area contributed by atoms with Crippen molar-refractivity contribution in [2.45, 2.75) is 6.61 Å². The molecule has 0 spiro atoms. The van der Waals surface area contributed by atoms with Crippen LogP contribution in [0.2, 0.25) is 15.1 Å². The molecule has 0 aliphatic carbocycles. The van der Waals surface area contributed by atoms with Gasteiger partial charge in [-0.2, -0.15) is 0 Å². The Balaban J connectivity index is 1.54. The summed E-state index contributed by atoms with van der Waals surface area (Å²) in [6.45, 7) is 0.283. The van der Waals surface area contributed by atoms with Crippen LogP contribution in [0.1, 0.15) is 16.7 Å². The third-order valence-electron chi connectivity index (χ3n) is 4.59. The molecule has 1 aliphatic rings. The first-order chi connectivity index (χ1) is 15.4. The number of carbonyl (C=O) groups is 1. The molecule has 0 atom stereocenters. The standard InChI is InChI=1S/C24H16Cl3NO4/c1-30-22-12-14(7-9-21(22)31-13-15-6-8-18(26)19(27)10-15)11-20-24(29)32-23(28-20)16-4-2-3-5-17(16)25/h2-12H,13H2,1H3/b20-11-. The first-order valence-corrected chi connectivity index (χ1v) is 10.6. The second-order valence-corrected chi connectivity index (χ2v) is 7.98. The molecule has 0 amide bonds. The van der Waals surface area contributed by atoms with Crippen molar-refractivity contribution in [3.8, 4) is 11.5 Å². The van der Waals surface area contributed by atoms with Gasteiger partial charge in [-0.1, -0.05) is 59.1 Å². The normalized spacial score (nSPS) is 14.3. The van der Waals surface area contributed by atoms with Crippen molar-refractivity contribution in [1.82, 2.24) is 0 Å². The molecule has 162 valence electrons. The zero-order chi connectivity index (χ0) is 22.7. The number of ether oxygens (including phenoxy) is 3. The molecule has 0 aromatic heterocycles. The lowest BCUT2D eigenvalue weighted by Crippen LogP contribution is -2.05. The average molecular weight is 489 g/mol. The van der Waals surface area contributed by atoms with Crippen LogP contribution in [0.4, 0.5) is 0 Å². The molecule has 1 aliphatic heterocycles. The van der Waals surface area contributed by atoms with Gasteiger partial charge in [-0.25, -0.2) is 9.79 Å². The van der Waals surface area contributed by atoms with Crippen molar-refractivity contribution < 1.29 is 19.0 Å². The topological polar surface area (TPSA) is 57.1 Å². The monoisotopic (exact) mass is 487 g/mol. The van der Waals surface area contributed by atoms with Crippen molar-refractivity contribution >= 4 is 52.7 Å². The van der Waals surface area contributed by atoms with Crippen LogP contribution in [0.3, 0.4) is 0 Å². The highest BCUT2D eigenvalue weighted by Gasteiger charge is 2.25. The fourth-order valence-corrected chi connectivity index (χ4v) is 3.54. The predicted octanol–water partition coefficient (Wildman–Crippen LogP) is 6.58. The number of esters is 1. The Morgan fingerprint density at radius 2 is 1.75 bits per heavy atom. The maximum absolute atomic E-state index is 12.3. The number of rotatable bonds is 6. The summed E-state index contributed by atoms with van der Waals surface area (Å²) < 4.78 is 16.6. The summed E-state index contributed by atoms with van der Waals surface area (Å²) in [5, 5.41) is 1.39. The average Bonchev–Trinajstić information content (AvgIpc) is 3.15. The molecule has 4 rings (SSSR count). The summed E-state index contributed by atoms with van der Waals surface area (Å²) in [6.07, 6.45) is 1.61. The molecule has 3 aromatic carbocycles. The molecular weight excluding hydrogens is 473 g/mol. The van der Waals surface area contributed by atoms with Gasteiger partial charge in [0.15, 0.2) is 17.2 Å². The zero-order valence-electron chi connectivity index (χ0n) is 16.8. The second-order valence-electron chi connectivity index (χ2n) is 6.76. The van der Waals surface area contributed by atoms with Gasteiger partial charge in [0.2, 0.25) is 5.90 Å². The Labute approximate surface area is 199 Å². The lowest BCUT2D eigenvalue weighted by Gasteiger charge is -2.12. The highest BCUT2D eigenvalue weighted by atomic mass is 35.5. The summed E-state index contributed by atoms with van der Waals surface area (Å²) >= 11 is 18.2. The Kier molecular flexibility index (Phi) is 6.70. The van der Waals surface area contributed by atoms with Crippen molar-refractivity contribution in [2.24, 2.45) is 4.99 Å². The van der Waals surface area contributed by atoms with Crippen molar-refractivity contribution in [3.63, 3.8) is 0 Å². The lowest BCUT2D eigenvalue weighted by atomic mass is 10.1. The van der Waals surface area contributed by atoms with E-state index in [1.165, 1.54) is 7.11 Å². The predicted molar refractivity (Wildman–Crippen MR) is 126 cm³/mol. The number of aliphatic imine (C=N–C) groups is 1. The van der Waals surface area contributed by atoms with E-state index in [9.17, 15) is 4.79 Å². The number of halogens is 3.